The van der Waals surface area contributed by atoms with Crippen LogP contribution in [0.2, 0.25) is 0 Å². The van der Waals surface area contributed by atoms with Gasteiger partial charge in [-0.05, 0) is 57.8 Å². The van der Waals surface area contributed by atoms with Crippen LogP contribution in [0, 0.1) is 12.8 Å². The summed E-state index contributed by atoms with van der Waals surface area (Å²) in [5.41, 5.74) is 3.12. The Morgan fingerprint density at radius 2 is 2.10 bits per heavy atom. The normalized spacial score (nSPS) is 27.2. The summed E-state index contributed by atoms with van der Waals surface area (Å²) in [5, 5.41) is 0. The molecular weight excluding hydrogens is 248 g/mol. The van der Waals surface area contributed by atoms with Crippen LogP contribution in [0.1, 0.15) is 35.2 Å². The molecule has 2 saturated heterocycles. The first-order valence-electron chi connectivity index (χ1n) is 7.70. The summed E-state index contributed by atoms with van der Waals surface area (Å²) in [5.74, 6) is 0.753. The van der Waals surface area contributed by atoms with E-state index in [-0.39, 0.29) is 0 Å². The van der Waals surface area contributed by atoms with Gasteiger partial charge in [-0.25, -0.2) is 0 Å². The van der Waals surface area contributed by atoms with Crippen molar-refractivity contribution >= 4 is 12.0 Å². The Balaban J connectivity index is 1.81. The van der Waals surface area contributed by atoms with Gasteiger partial charge >= 0.3 is 0 Å². The van der Waals surface area contributed by atoms with E-state index in [9.17, 15) is 4.79 Å². The van der Waals surface area contributed by atoms with Crippen LogP contribution in [-0.4, -0.2) is 43.9 Å². The maximum Gasteiger partial charge on any atom is 0.152 e. The number of aldehydes is 1. The first-order valence-corrected chi connectivity index (χ1v) is 7.70. The second-order valence-electron chi connectivity index (χ2n) is 6.37. The van der Waals surface area contributed by atoms with Crippen molar-refractivity contribution in [1.29, 1.82) is 0 Å². The second kappa shape index (κ2) is 5.57. The average molecular weight is 272 g/mol. The van der Waals surface area contributed by atoms with E-state index < -0.39 is 0 Å². The van der Waals surface area contributed by atoms with Gasteiger partial charge in [0.25, 0.3) is 0 Å². The number of carbonyl (C=O) groups is 1. The minimum atomic E-state index is 0.741. The molecule has 2 aliphatic heterocycles. The number of hydrogen-bond acceptors (Lipinski definition) is 3. The number of fused-ring (bicyclic) bond motifs is 1. The number of aryl methyl sites for hydroxylation is 1. The van der Waals surface area contributed by atoms with Crippen molar-refractivity contribution in [3.63, 3.8) is 0 Å². The molecule has 0 N–H and O–H groups in total. The summed E-state index contributed by atoms with van der Waals surface area (Å²) in [6.45, 7) is 5.44. The Morgan fingerprint density at radius 1 is 1.25 bits per heavy atom. The van der Waals surface area contributed by atoms with E-state index in [4.69, 9.17) is 0 Å². The lowest BCUT2D eigenvalue weighted by Crippen LogP contribution is -2.52. The van der Waals surface area contributed by atoms with Crippen molar-refractivity contribution in [2.45, 2.75) is 32.2 Å². The van der Waals surface area contributed by atoms with Crippen molar-refractivity contribution in [3.8, 4) is 0 Å². The minimum absolute atomic E-state index is 0.741. The van der Waals surface area contributed by atoms with Gasteiger partial charge < -0.3 is 9.80 Å². The van der Waals surface area contributed by atoms with Crippen LogP contribution in [0.25, 0.3) is 0 Å². The number of carbonyl (C=O) groups excluding carboxylic acids is 1. The SMILES string of the molecule is Cc1ccc(N2CCC3C(CCCN3C)C2)c(C=O)c1. The maximum absolute atomic E-state index is 11.3. The summed E-state index contributed by atoms with van der Waals surface area (Å²) in [4.78, 5) is 16.3. The van der Waals surface area contributed by atoms with Gasteiger partial charge in [0.2, 0.25) is 0 Å². The highest BCUT2D eigenvalue weighted by molar-refractivity contribution is 5.85. The average Bonchev–Trinajstić information content (AvgIpc) is 2.47. The van der Waals surface area contributed by atoms with Gasteiger partial charge in [0.15, 0.2) is 6.29 Å². The van der Waals surface area contributed by atoms with Crippen LogP contribution in [0.3, 0.4) is 0 Å². The molecule has 2 aliphatic rings. The number of piperidine rings is 2. The quantitative estimate of drug-likeness (QED) is 0.773. The van der Waals surface area contributed by atoms with Gasteiger partial charge in [-0.2, -0.15) is 0 Å². The molecule has 0 spiro atoms. The molecule has 2 heterocycles. The van der Waals surface area contributed by atoms with Gasteiger partial charge in [-0.1, -0.05) is 11.6 Å². The van der Waals surface area contributed by atoms with E-state index in [0.717, 1.165) is 48.1 Å². The number of anilines is 1. The third-order valence-electron chi connectivity index (χ3n) is 5.00. The van der Waals surface area contributed by atoms with Crippen molar-refractivity contribution in [2.24, 2.45) is 5.92 Å². The molecule has 3 heteroatoms. The van der Waals surface area contributed by atoms with Crippen LogP contribution >= 0.6 is 0 Å². The second-order valence-corrected chi connectivity index (χ2v) is 6.37. The summed E-state index contributed by atoms with van der Waals surface area (Å²) in [7, 11) is 2.26. The van der Waals surface area contributed by atoms with E-state index >= 15 is 0 Å². The number of benzene rings is 1. The van der Waals surface area contributed by atoms with Crippen LogP contribution < -0.4 is 4.90 Å². The number of rotatable bonds is 2. The summed E-state index contributed by atoms with van der Waals surface area (Å²) in [6.07, 6.45) is 4.85. The van der Waals surface area contributed by atoms with Crippen molar-refractivity contribution in [2.75, 3.05) is 31.6 Å². The fourth-order valence-corrected chi connectivity index (χ4v) is 3.93. The Bertz CT molecular complexity index is 500. The Hall–Kier alpha value is -1.35. The van der Waals surface area contributed by atoms with Crippen LogP contribution in [0.15, 0.2) is 18.2 Å². The fourth-order valence-electron chi connectivity index (χ4n) is 3.93. The predicted octanol–water partition coefficient (Wildman–Crippen LogP) is 2.73. The lowest BCUT2D eigenvalue weighted by Gasteiger charge is -2.46. The Morgan fingerprint density at radius 3 is 2.90 bits per heavy atom. The van der Waals surface area contributed by atoms with E-state index in [1.54, 1.807) is 0 Å². The molecule has 0 aliphatic carbocycles. The number of nitrogens with zero attached hydrogens (tertiary/aromatic N) is 2. The highest BCUT2D eigenvalue weighted by atomic mass is 16.1. The molecule has 0 saturated carbocycles. The molecular formula is C17H24N2O. The molecule has 0 aromatic heterocycles. The predicted molar refractivity (Wildman–Crippen MR) is 82.5 cm³/mol. The molecule has 0 bridgehead atoms. The van der Waals surface area contributed by atoms with Crippen LogP contribution in [0.4, 0.5) is 5.69 Å². The van der Waals surface area contributed by atoms with E-state index in [0.29, 0.717) is 0 Å². The molecule has 1 aromatic carbocycles. The topological polar surface area (TPSA) is 23.6 Å². The van der Waals surface area contributed by atoms with Gasteiger partial charge in [0.1, 0.15) is 0 Å². The molecule has 3 rings (SSSR count). The van der Waals surface area contributed by atoms with Gasteiger partial charge in [-0.15, -0.1) is 0 Å². The van der Waals surface area contributed by atoms with E-state index in [1.807, 2.05) is 13.0 Å². The smallest absolute Gasteiger partial charge is 0.152 e. The third-order valence-corrected chi connectivity index (χ3v) is 5.00. The van der Waals surface area contributed by atoms with Crippen LogP contribution in [-0.2, 0) is 0 Å². The standard InChI is InChI=1S/C17H24N2O/c1-13-5-6-17(15(10-13)12-20)19-9-7-16-14(11-19)4-3-8-18(16)2/h5-6,10,12,14,16H,3-4,7-9,11H2,1-2H3. The van der Waals surface area contributed by atoms with E-state index in [1.165, 1.54) is 25.8 Å². The molecule has 108 valence electrons. The van der Waals surface area contributed by atoms with Crippen molar-refractivity contribution in [1.82, 2.24) is 4.90 Å². The summed E-state index contributed by atoms with van der Waals surface area (Å²) < 4.78 is 0. The Kier molecular flexibility index (Phi) is 3.79. The molecule has 2 fully saturated rings. The zero-order valence-electron chi connectivity index (χ0n) is 12.5. The molecule has 2 unspecified atom stereocenters. The molecule has 20 heavy (non-hydrogen) atoms. The monoisotopic (exact) mass is 272 g/mol. The number of likely N-dealkylation sites (tertiary alicyclic amines) is 1. The first-order chi connectivity index (χ1) is 9.69. The summed E-state index contributed by atoms with van der Waals surface area (Å²) in [6, 6.07) is 6.97. The Labute approximate surface area is 121 Å². The fraction of sp³-hybridized carbons (Fsp3) is 0.588. The highest BCUT2D eigenvalue weighted by Crippen LogP contribution is 2.33. The zero-order chi connectivity index (χ0) is 14.1. The van der Waals surface area contributed by atoms with Gasteiger partial charge in [-0.3, -0.25) is 4.79 Å². The lowest BCUT2D eigenvalue weighted by molar-refractivity contribution is 0.102. The maximum atomic E-state index is 11.3. The highest BCUT2D eigenvalue weighted by Gasteiger charge is 2.34. The largest absolute Gasteiger partial charge is 0.371 e. The van der Waals surface area contributed by atoms with E-state index in [2.05, 4.69) is 29.0 Å². The number of hydrogen-bond donors (Lipinski definition) is 0. The van der Waals surface area contributed by atoms with Crippen molar-refractivity contribution in [3.05, 3.63) is 29.3 Å². The molecule has 3 nitrogen and oxygen atoms in total. The lowest BCUT2D eigenvalue weighted by atomic mass is 9.84. The minimum Gasteiger partial charge on any atom is -0.371 e. The summed E-state index contributed by atoms with van der Waals surface area (Å²) >= 11 is 0. The molecule has 0 amide bonds. The van der Waals surface area contributed by atoms with Gasteiger partial charge in [0, 0.05) is 30.4 Å². The molecule has 1 aromatic rings. The zero-order valence-corrected chi connectivity index (χ0v) is 12.5. The molecule has 2 atom stereocenters. The third kappa shape index (κ3) is 2.47. The van der Waals surface area contributed by atoms with Crippen LogP contribution in [0.5, 0.6) is 0 Å². The first kappa shape index (κ1) is 13.6. The van der Waals surface area contributed by atoms with Gasteiger partial charge in [0.05, 0.1) is 0 Å². The van der Waals surface area contributed by atoms with Crippen molar-refractivity contribution < 1.29 is 4.79 Å². The molecule has 0 radical (unpaired) electrons.